The summed E-state index contributed by atoms with van der Waals surface area (Å²) in [6.07, 6.45) is 6.53. The minimum absolute atomic E-state index is 0.0725. The van der Waals surface area contributed by atoms with Crippen LogP contribution in [0.25, 0.3) is 22.4 Å². The van der Waals surface area contributed by atoms with Crippen LogP contribution in [0.2, 0.25) is 5.02 Å². The van der Waals surface area contributed by atoms with Crippen LogP contribution in [-0.4, -0.2) is 37.0 Å². The van der Waals surface area contributed by atoms with E-state index in [0.717, 1.165) is 42.8 Å². The van der Waals surface area contributed by atoms with Gasteiger partial charge in [0.1, 0.15) is 29.1 Å². The molecule has 0 radical (unpaired) electrons. The second-order valence-electron chi connectivity index (χ2n) is 8.17. The Morgan fingerprint density at radius 3 is 2.85 bits per heavy atom. The average Bonchev–Trinajstić information content (AvgIpc) is 3.25. The number of rotatable bonds is 5. The lowest BCUT2D eigenvalue weighted by Crippen LogP contribution is -2.17. The van der Waals surface area contributed by atoms with Crippen LogP contribution >= 0.6 is 11.6 Å². The van der Waals surface area contributed by atoms with E-state index in [2.05, 4.69) is 25.6 Å². The fraction of sp³-hybridized carbons (Fsp3) is 0.292. The molecule has 174 valence electrons. The van der Waals surface area contributed by atoms with Gasteiger partial charge in [-0.05, 0) is 56.5 Å². The zero-order chi connectivity index (χ0) is 23.7. The van der Waals surface area contributed by atoms with Crippen molar-refractivity contribution in [2.24, 2.45) is 0 Å². The lowest BCUT2D eigenvalue weighted by molar-refractivity contribution is -0.114. The largest absolute Gasteiger partial charge is 0.358 e. The SMILES string of the molecule is CC(=O)Nc1ccc(Nc2ncccc2-c2nc(C)nc3c2ncn3C2CCCCO2)cc1Cl. The zero-order valence-electron chi connectivity index (χ0n) is 18.9. The van der Waals surface area contributed by atoms with Crippen molar-refractivity contribution in [2.45, 2.75) is 39.3 Å². The highest BCUT2D eigenvalue weighted by Crippen LogP contribution is 2.34. The Hall–Kier alpha value is -3.56. The molecule has 1 aliphatic heterocycles. The van der Waals surface area contributed by atoms with E-state index >= 15 is 0 Å². The van der Waals surface area contributed by atoms with Gasteiger partial charge >= 0.3 is 0 Å². The summed E-state index contributed by atoms with van der Waals surface area (Å²) in [6.45, 7) is 4.04. The van der Waals surface area contributed by atoms with E-state index in [4.69, 9.17) is 21.3 Å². The van der Waals surface area contributed by atoms with Crippen molar-refractivity contribution in [3.05, 3.63) is 53.7 Å². The number of hydrogen-bond donors (Lipinski definition) is 2. The molecule has 0 spiro atoms. The molecule has 3 aromatic heterocycles. The number of carbonyl (C=O) groups excluding carboxylic acids is 1. The van der Waals surface area contributed by atoms with Gasteiger partial charge in [0.15, 0.2) is 5.65 Å². The summed E-state index contributed by atoms with van der Waals surface area (Å²) >= 11 is 6.35. The Morgan fingerprint density at radius 1 is 1.21 bits per heavy atom. The standard InChI is InChI=1S/C24H24ClN7O2/c1-14-28-21(22-24(29-14)32(13-27-22)20-7-3-4-11-34-20)17-6-5-10-26-23(17)31-16-8-9-19(18(25)12-16)30-15(2)33/h5-6,8-10,12-13,20H,3-4,7,11H2,1-2H3,(H,26,31)(H,30,33). The third kappa shape index (κ3) is 4.44. The van der Waals surface area contributed by atoms with Crippen molar-refractivity contribution in [1.82, 2.24) is 24.5 Å². The summed E-state index contributed by atoms with van der Waals surface area (Å²) in [4.78, 5) is 29.9. The molecule has 0 aliphatic carbocycles. The van der Waals surface area contributed by atoms with E-state index in [9.17, 15) is 4.79 Å². The summed E-state index contributed by atoms with van der Waals surface area (Å²) in [6, 6.07) is 9.11. The molecule has 0 bridgehead atoms. The highest BCUT2D eigenvalue weighted by molar-refractivity contribution is 6.34. The van der Waals surface area contributed by atoms with E-state index in [1.54, 1.807) is 24.7 Å². The molecule has 4 heterocycles. The number of benzene rings is 1. The van der Waals surface area contributed by atoms with Crippen LogP contribution in [-0.2, 0) is 9.53 Å². The van der Waals surface area contributed by atoms with Gasteiger partial charge in [0, 0.05) is 31.0 Å². The molecule has 1 aromatic carbocycles. The molecule has 1 unspecified atom stereocenters. The first-order chi connectivity index (χ1) is 16.5. The van der Waals surface area contributed by atoms with Gasteiger partial charge in [-0.15, -0.1) is 0 Å². The minimum atomic E-state index is -0.184. The molecule has 9 nitrogen and oxygen atoms in total. The van der Waals surface area contributed by atoms with Crippen LogP contribution in [0.15, 0.2) is 42.9 Å². The number of imidazole rings is 1. The summed E-state index contributed by atoms with van der Waals surface area (Å²) in [7, 11) is 0. The molecule has 1 atom stereocenters. The lowest BCUT2D eigenvalue weighted by Gasteiger charge is -2.23. The van der Waals surface area contributed by atoms with Gasteiger partial charge in [-0.25, -0.2) is 19.9 Å². The second kappa shape index (κ2) is 9.36. The number of amides is 1. The van der Waals surface area contributed by atoms with Crippen LogP contribution < -0.4 is 10.6 Å². The van der Waals surface area contributed by atoms with E-state index in [1.807, 2.05) is 29.7 Å². The number of ether oxygens (including phenoxy) is 1. The third-order valence-electron chi connectivity index (χ3n) is 5.60. The Kier molecular flexibility index (Phi) is 6.12. The number of aromatic nitrogens is 5. The number of hydrogen-bond acceptors (Lipinski definition) is 7. The summed E-state index contributed by atoms with van der Waals surface area (Å²) in [5.41, 5.74) is 4.18. The van der Waals surface area contributed by atoms with E-state index in [0.29, 0.717) is 33.6 Å². The van der Waals surface area contributed by atoms with Gasteiger partial charge in [-0.1, -0.05) is 11.6 Å². The second-order valence-corrected chi connectivity index (χ2v) is 8.57. The van der Waals surface area contributed by atoms with Crippen molar-refractivity contribution in [1.29, 1.82) is 0 Å². The number of fused-ring (bicyclic) bond motifs is 1. The maximum atomic E-state index is 11.4. The van der Waals surface area contributed by atoms with Crippen molar-refractivity contribution in [3.8, 4) is 11.3 Å². The minimum Gasteiger partial charge on any atom is -0.358 e. The van der Waals surface area contributed by atoms with Gasteiger partial charge in [-0.2, -0.15) is 0 Å². The number of halogens is 1. The monoisotopic (exact) mass is 477 g/mol. The Labute approximate surface area is 201 Å². The van der Waals surface area contributed by atoms with Crippen molar-refractivity contribution >= 4 is 45.9 Å². The number of anilines is 3. The summed E-state index contributed by atoms with van der Waals surface area (Å²) in [5.74, 6) is 1.06. The molecule has 0 saturated carbocycles. The molecule has 1 aliphatic rings. The average molecular weight is 478 g/mol. The first kappa shape index (κ1) is 22.2. The van der Waals surface area contributed by atoms with Crippen LogP contribution in [0.5, 0.6) is 0 Å². The highest BCUT2D eigenvalue weighted by atomic mass is 35.5. The van der Waals surface area contributed by atoms with E-state index < -0.39 is 0 Å². The molecule has 1 amide bonds. The van der Waals surface area contributed by atoms with Gasteiger partial charge < -0.3 is 15.4 Å². The summed E-state index contributed by atoms with van der Waals surface area (Å²) in [5, 5.41) is 6.44. The molecule has 2 N–H and O–H groups in total. The molecular formula is C24H24ClN7O2. The fourth-order valence-corrected chi connectivity index (χ4v) is 4.31. The molecule has 1 saturated heterocycles. The van der Waals surface area contributed by atoms with Crippen LogP contribution in [0.1, 0.15) is 38.2 Å². The predicted molar refractivity (Wildman–Crippen MR) is 131 cm³/mol. The quantitative estimate of drug-likeness (QED) is 0.404. The Bertz CT molecular complexity index is 1360. The van der Waals surface area contributed by atoms with Gasteiger partial charge in [-0.3, -0.25) is 9.36 Å². The third-order valence-corrected chi connectivity index (χ3v) is 5.92. The normalized spacial score (nSPS) is 15.9. The topological polar surface area (TPSA) is 107 Å². The first-order valence-corrected chi connectivity index (χ1v) is 11.5. The van der Waals surface area contributed by atoms with Crippen LogP contribution in [0.4, 0.5) is 17.2 Å². The molecule has 1 fully saturated rings. The maximum Gasteiger partial charge on any atom is 0.221 e. The first-order valence-electron chi connectivity index (χ1n) is 11.1. The van der Waals surface area contributed by atoms with Gasteiger partial charge in [0.2, 0.25) is 5.91 Å². The lowest BCUT2D eigenvalue weighted by atomic mass is 10.1. The van der Waals surface area contributed by atoms with Crippen LogP contribution in [0, 0.1) is 6.92 Å². The van der Waals surface area contributed by atoms with Crippen molar-refractivity contribution in [2.75, 3.05) is 17.2 Å². The zero-order valence-corrected chi connectivity index (χ0v) is 19.6. The van der Waals surface area contributed by atoms with Gasteiger partial charge in [0.25, 0.3) is 0 Å². The Morgan fingerprint density at radius 2 is 2.09 bits per heavy atom. The fourth-order valence-electron chi connectivity index (χ4n) is 4.08. The molecule has 10 heteroatoms. The van der Waals surface area contributed by atoms with E-state index in [-0.39, 0.29) is 12.1 Å². The molecule has 4 aromatic rings. The Balaban J connectivity index is 1.53. The van der Waals surface area contributed by atoms with Crippen molar-refractivity contribution < 1.29 is 9.53 Å². The van der Waals surface area contributed by atoms with Gasteiger partial charge in [0.05, 0.1) is 17.0 Å². The highest BCUT2D eigenvalue weighted by Gasteiger charge is 2.22. The number of carbonyl (C=O) groups is 1. The number of nitrogens with one attached hydrogen (secondary N) is 2. The number of nitrogens with zero attached hydrogens (tertiary/aromatic N) is 5. The molecule has 5 rings (SSSR count). The maximum absolute atomic E-state index is 11.4. The number of pyridine rings is 1. The van der Waals surface area contributed by atoms with Crippen molar-refractivity contribution in [3.63, 3.8) is 0 Å². The predicted octanol–water partition coefficient (Wildman–Crippen LogP) is 5.25. The number of aryl methyl sites for hydroxylation is 1. The molecule has 34 heavy (non-hydrogen) atoms. The smallest absolute Gasteiger partial charge is 0.221 e. The van der Waals surface area contributed by atoms with Crippen LogP contribution in [0.3, 0.4) is 0 Å². The molecular weight excluding hydrogens is 454 g/mol. The summed E-state index contributed by atoms with van der Waals surface area (Å²) < 4.78 is 7.96. The van der Waals surface area contributed by atoms with E-state index in [1.165, 1.54) is 6.92 Å².